The Morgan fingerprint density at radius 3 is 0.914 bits per heavy atom. The molecule has 0 rings (SSSR count). The van der Waals surface area contributed by atoms with Crippen molar-refractivity contribution in [2.24, 2.45) is 0 Å². The molecular weight excluding hydrogens is 865 g/mol. The third-order valence-corrected chi connectivity index (χ3v) is 13.3. The molecule has 0 aliphatic carbocycles. The summed E-state index contributed by atoms with van der Waals surface area (Å²) in [6, 6.07) is 0. The summed E-state index contributed by atoms with van der Waals surface area (Å²) < 4.78 is 16.9. The molecular formula is C64H114O6. The molecule has 0 heterocycles. The topological polar surface area (TPSA) is 78.9 Å². The minimum absolute atomic E-state index is 0.0842. The zero-order valence-corrected chi connectivity index (χ0v) is 46.5. The second-order valence-electron chi connectivity index (χ2n) is 20.2. The predicted molar refractivity (Wildman–Crippen MR) is 302 cm³/mol. The average molecular weight is 980 g/mol. The van der Waals surface area contributed by atoms with Gasteiger partial charge in [-0.05, 0) is 83.5 Å². The Kier molecular flexibility index (Phi) is 56.3. The predicted octanol–water partition coefficient (Wildman–Crippen LogP) is 20.4. The lowest BCUT2D eigenvalue weighted by Crippen LogP contribution is -2.30. The summed E-state index contributed by atoms with van der Waals surface area (Å²) in [6.45, 7) is 6.51. The van der Waals surface area contributed by atoms with E-state index in [1.165, 1.54) is 167 Å². The molecule has 70 heavy (non-hydrogen) atoms. The third kappa shape index (κ3) is 56.0. The highest BCUT2D eigenvalue weighted by Gasteiger charge is 2.19. The van der Waals surface area contributed by atoms with Gasteiger partial charge in [0.1, 0.15) is 13.2 Å². The number of carbonyl (C=O) groups is 3. The molecule has 0 aromatic heterocycles. The van der Waals surface area contributed by atoms with Crippen molar-refractivity contribution in [1.29, 1.82) is 0 Å². The third-order valence-electron chi connectivity index (χ3n) is 13.3. The lowest BCUT2D eigenvalue weighted by molar-refractivity contribution is -0.167. The van der Waals surface area contributed by atoms with Crippen LogP contribution in [0.1, 0.15) is 310 Å². The van der Waals surface area contributed by atoms with Gasteiger partial charge in [-0.3, -0.25) is 14.4 Å². The Labute approximate surface area is 434 Å². The minimum atomic E-state index is -0.789. The van der Waals surface area contributed by atoms with Gasteiger partial charge in [-0.15, -0.1) is 0 Å². The van der Waals surface area contributed by atoms with Crippen molar-refractivity contribution < 1.29 is 28.6 Å². The van der Waals surface area contributed by atoms with E-state index in [1.807, 2.05) is 0 Å². The molecule has 0 saturated heterocycles. The first-order valence-corrected chi connectivity index (χ1v) is 30.3. The first kappa shape index (κ1) is 67.1. The van der Waals surface area contributed by atoms with E-state index in [1.54, 1.807) is 0 Å². The van der Waals surface area contributed by atoms with E-state index >= 15 is 0 Å². The summed E-state index contributed by atoms with van der Waals surface area (Å²) in [7, 11) is 0. The highest BCUT2D eigenvalue weighted by molar-refractivity contribution is 5.71. The Morgan fingerprint density at radius 1 is 0.300 bits per heavy atom. The minimum Gasteiger partial charge on any atom is -0.462 e. The number of rotatable bonds is 55. The molecule has 0 spiro atoms. The number of hydrogen-bond donors (Lipinski definition) is 0. The van der Waals surface area contributed by atoms with Gasteiger partial charge in [0.2, 0.25) is 0 Å². The van der Waals surface area contributed by atoms with Crippen LogP contribution in [0, 0.1) is 0 Å². The molecule has 1 atom stereocenters. The number of hydrogen-bond acceptors (Lipinski definition) is 6. The highest BCUT2D eigenvalue weighted by Crippen LogP contribution is 2.17. The van der Waals surface area contributed by atoms with Crippen molar-refractivity contribution in [1.82, 2.24) is 0 Å². The van der Waals surface area contributed by atoms with E-state index in [-0.39, 0.29) is 31.1 Å². The van der Waals surface area contributed by atoms with Gasteiger partial charge in [0.25, 0.3) is 0 Å². The van der Waals surface area contributed by atoms with Crippen molar-refractivity contribution in [3.63, 3.8) is 0 Å². The molecule has 0 N–H and O–H groups in total. The lowest BCUT2D eigenvalue weighted by atomic mass is 10.0. The van der Waals surface area contributed by atoms with Crippen LogP contribution < -0.4 is 0 Å². The number of carbonyl (C=O) groups excluding carboxylic acids is 3. The number of esters is 3. The van der Waals surface area contributed by atoms with Gasteiger partial charge < -0.3 is 14.2 Å². The van der Waals surface area contributed by atoms with Gasteiger partial charge in [-0.2, -0.15) is 0 Å². The lowest BCUT2D eigenvalue weighted by Gasteiger charge is -2.18. The quantitative estimate of drug-likeness (QED) is 0.0261. The molecule has 6 heteroatoms. The molecule has 0 fully saturated rings. The fraction of sp³-hybridized carbons (Fsp3) is 0.797. The molecule has 0 saturated carbocycles. The monoisotopic (exact) mass is 979 g/mol. The first-order valence-electron chi connectivity index (χ1n) is 30.3. The zero-order valence-electron chi connectivity index (χ0n) is 46.5. The van der Waals surface area contributed by atoms with E-state index < -0.39 is 6.10 Å². The van der Waals surface area contributed by atoms with Gasteiger partial charge >= 0.3 is 17.9 Å². The van der Waals surface area contributed by atoms with Crippen LogP contribution in [0.15, 0.2) is 60.8 Å². The SMILES string of the molecule is CC/C=C\C/C=C\C/C=C\C/C=C\CCCCCCC(=O)OC(COC(=O)CCCCCCC/C=C\CCCCC)COC(=O)CCCCCCCCCCCCCCCCCCCCCCCCC. The molecule has 406 valence electrons. The molecule has 0 aliphatic heterocycles. The molecule has 0 aromatic rings. The van der Waals surface area contributed by atoms with Crippen LogP contribution in [0.3, 0.4) is 0 Å². The Bertz CT molecular complexity index is 1260. The van der Waals surface area contributed by atoms with Crippen molar-refractivity contribution in [3.05, 3.63) is 60.8 Å². The highest BCUT2D eigenvalue weighted by atomic mass is 16.6. The molecule has 0 radical (unpaired) electrons. The van der Waals surface area contributed by atoms with Crippen LogP contribution in [-0.2, 0) is 28.6 Å². The molecule has 0 amide bonds. The normalized spacial score (nSPS) is 12.4. The van der Waals surface area contributed by atoms with E-state index in [0.29, 0.717) is 19.3 Å². The van der Waals surface area contributed by atoms with Crippen LogP contribution in [0.2, 0.25) is 0 Å². The standard InChI is InChI=1S/C64H114O6/c1-4-7-10-13-16-19-22-25-27-29-30-31-32-33-34-36-37-39-42-45-48-51-54-57-63(66)69-60-61(59-68-62(65)56-53-50-47-44-41-24-21-18-15-12-9-6-3)70-64(67)58-55-52-49-46-43-40-38-35-28-26-23-20-17-14-11-8-5-2/h8,11,17-18,20-21,26,28,38,40,61H,4-7,9-10,12-16,19,22-25,27,29-37,39,41-60H2,1-3H3/b11-8-,20-17-,21-18-,28-26-,40-38-. The van der Waals surface area contributed by atoms with Crippen LogP contribution in [0.4, 0.5) is 0 Å². The summed E-state index contributed by atoms with van der Waals surface area (Å²) in [6.07, 6.45) is 73.7. The summed E-state index contributed by atoms with van der Waals surface area (Å²) in [5.74, 6) is -0.904. The van der Waals surface area contributed by atoms with Gasteiger partial charge in [0.05, 0.1) is 0 Å². The smallest absolute Gasteiger partial charge is 0.306 e. The Balaban J connectivity index is 4.30. The van der Waals surface area contributed by atoms with Crippen molar-refractivity contribution in [2.75, 3.05) is 13.2 Å². The second kappa shape index (κ2) is 58.7. The van der Waals surface area contributed by atoms with Crippen LogP contribution in [0.25, 0.3) is 0 Å². The van der Waals surface area contributed by atoms with Crippen molar-refractivity contribution in [3.8, 4) is 0 Å². The van der Waals surface area contributed by atoms with Crippen LogP contribution >= 0.6 is 0 Å². The maximum absolute atomic E-state index is 12.9. The summed E-state index contributed by atoms with van der Waals surface area (Å²) in [5, 5.41) is 0. The number of unbranched alkanes of at least 4 members (excludes halogenated alkanes) is 34. The zero-order chi connectivity index (χ0) is 50.7. The van der Waals surface area contributed by atoms with E-state index in [9.17, 15) is 14.4 Å². The largest absolute Gasteiger partial charge is 0.462 e. The van der Waals surface area contributed by atoms with Crippen LogP contribution in [-0.4, -0.2) is 37.2 Å². The van der Waals surface area contributed by atoms with Gasteiger partial charge in [0.15, 0.2) is 6.10 Å². The van der Waals surface area contributed by atoms with E-state index in [2.05, 4.69) is 81.5 Å². The maximum atomic E-state index is 12.9. The second-order valence-corrected chi connectivity index (χ2v) is 20.2. The summed E-state index contributed by atoms with van der Waals surface area (Å²) in [5.41, 5.74) is 0. The van der Waals surface area contributed by atoms with E-state index in [0.717, 1.165) is 103 Å². The fourth-order valence-corrected chi connectivity index (χ4v) is 8.72. The van der Waals surface area contributed by atoms with Crippen LogP contribution in [0.5, 0.6) is 0 Å². The van der Waals surface area contributed by atoms with Crippen molar-refractivity contribution >= 4 is 17.9 Å². The fourth-order valence-electron chi connectivity index (χ4n) is 8.72. The van der Waals surface area contributed by atoms with Gasteiger partial charge in [-0.25, -0.2) is 0 Å². The number of allylic oxidation sites excluding steroid dienone is 10. The van der Waals surface area contributed by atoms with E-state index in [4.69, 9.17) is 14.2 Å². The summed E-state index contributed by atoms with van der Waals surface area (Å²) >= 11 is 0. The molecule has 1 unspecified atom stereocenters. The van der Waals surface area contributed by atoms with Gasteiger partial charge in [-0.1, -0.05) is 268 Å². The number of ether oxygens (including phenoxy) is 3. The molecule has 0 aromatic carbocycles. The summed E-state index contributed by atoms with van der Waals surface area (Å²) in [4.78, 5) is 38.2. The van der Waals surface area contributed by atoms with Gasteiger partial charge in [0, 0.05) is 19.3 Å². The molecule has 6 nitrogen and oxygen atoms in total. The molecule has 0 bridgehead atoms. The first-order chi connectivity index (χ1) is 34.5. The Hall–Kier alpha value is -2.89. The maximum Gasteiger partial charge on any atom is 0.306 e. The molecule has 0 aliphatic rings. The van der Waals surface area contributed by atoms with Crippen molar-refractivity contribution in [2.45, 2.75) is 316 Å². The average Bonchev–Trinajstić information content (AvgIpc) is 3.36. The Morgan fingerprint density at radius 2 is 0.557 bits per heavy atom.